The van der Waals surface area contributed by atoms with Gasteiger partial charge in [0.15, 0.2) is 0 Å². The zero-order valence-electron chi connectivity index (χ0n) is 12.1. The van der Waals surface area contributed by atoms with Crippen LogP contribution in [-0.4, -0.2) is 36.6 Å². The van der Waals surface area contributed by atoms with Crippen molar-refractivity contribution in [2.45, 2.75) is 19.9 Å². The number of nitrogens with zero attached hydrogens (tertiary/aromatic N) is 2. The normalized spacial score (nSPS) is 12.7. The molecule has 5 nitrogen and oxygen atoms in total. The Balaban J connectivity index is 2.05. The first-order valence-electron chi connectivity index (χ1n) is 6.40. The third-order valence-electron chi connectivity index (χ3n) is 3.27. The number of aromatic nitrogens is 1. The van der Waals surface area contributed by atoms with Crippen LogP contribution >= 0.6 is 11.3 Å². The van der Waals surface area contributed by atoms with Crippen molar-refractivity contribution in [3.63, 3.8) is 0 Å². The van der Waals surface area contributed by atoms with Crippen molar-refractivity contribution in [1.29, 1.82) is 0 Å². The molecule has 2 heterocycles. The minimum Gasteiger partial charge on any atom is -0.361 e. The summed E-state index contributed by atoms with van der Waals surface area (Å²) in [5, 5.41) is 10.9. The maximum absolute atomic E-state index is 12.2. The molecule has 6 heteroatoms. The molecular formula is C14H19N3O2S. The number of nitrogens with one attached hydrogen (secondary N) is 1. The van der Waals surface area contributed by atoms with Gasteiger partial charge in [-0.15, -0.1) is 0 Å². The van der Waals surface area contributed by atoms with Crippen molar-refractivity contribution < 1.29 is 9.32 Å². The van der Waals surface area contributed by atoms with E-state index in [4.69, 9.17) is 4.52 Å². The third kappa shape index (κ3) is 3.08. The fourth-order valence-electron chi connectivity index (χ4n) is 2.15. The van der Waals surface area contributed by atoms with E-state index in [1.54, 1.807) is 25.2 Å². The van der Waals surface area contributed by atoms with Crippen LogP contribution in [0.1, 0.15) is 33.4 Å². The van der Waals surface area contributed by atoms with E-state index in [0.717, 1.165) is 0 Å². The highest BCUT2D eigenvalue weighted by Crippen LogP contribution is 2.20. The zero-order chi connectivity index (χ0) is 14.7. The van der Waals surface area contributed by atoms with E-state index in [1.807, 2.05) is 19.5 Å². The summed E-state index contributed by atoms with van der Waals surface area (Å²) in [5.74, 6) is 0.417. The Morgan fingerprint density at radius 1 is 1.50 bits per heavy atom. The van der Waals surface area contributed by atoms with Crippen molar-refractivity contribution in [2.75, 3.05) is 20.6 Å². The Kier molecular flexibility index (Phi) is 4.57. The van der Waals surface area contributed by atoms with Gasteiger partial charge in [0.2, 0.25) is 0 Å². The molecule has 0 fully saturated rings. The number of carbonyl (C=O) groups excluding carboxylic acids is 1. The van der Waals surface area contributed by atoms with Crippen LogP contribution in [-0.2, 0) is 0 Å². The number of thiophene rings is 1. The van der Waals surface area contributed by atoms with E-state index in [0.29, 0.717) is 23.6 Å². The van der Waals surface area contributed by atoms with Crippen LogP contribution in [0.5, 0.6) is 0 Å². The monoisotopic (exact) mass is 293 g/mol. The quantitative estimate of drug-likeness (QED) is 0.919. The Hall–Kier alpha value is -1.66. The first kappa shape index (κ1) is 14.7. The Morgan fingerprint density at radius 2 is 2.25 bits per heavy atom. The van der Waals surface area contributed by atoms with Gasteiger partial charge in [-0.25, -0.2) is 0 Å². The van der Waals surface area contributed by atoms with Gasteiger partial charge < -0.3 is 14.7 Å². The highest BCUT2D eigenvalue weighted by Gasteiger charge is 2.20. The summed E-state index contributed by atoms with van der Waals surface area (Å²) in [6.45, 7) is 4.07. The summed E-state index contributed by atoms with van der Waals surface area (Å²) in [4.78, 5) is 14.3. The summed E-state index contributed by atoms with van der Waals surface area (Å²) < 4.78 is 5.02. The van der Waals surface area contributed by atoms with Crippen LogP contribution in [0.25, 0.3) is 0 Å². The lowest BCUT2D eigenvalue weighted by Crippen LogP contribution is -2.34. The molecule has 0 unspecified atom stereocenters. The number of amides is 1. The smallest absolute Gasteiger partial charge is 0.256 e. The van der Waals surface area contributed by atoms with Crippen LogP contribution in [0, 0.1) is 13.8 Å². The summed E-state index contributed by atoms with van der Waals surface area (Å²) in [5.41, 5.74) is 2.36. The van der Waals surface area contributed by atoms with E-state index in [-0.39, 0.29) is 11.9 Å². The van der Waals surface area contributed by atoms with E-state index in [1.165, 1.54) is 5.56 Å². The molecule has 0 aliphatic rings. The van der Waals surface area contributed by atoms with Gasteiger partial charge in [-0.1, -0.05) is 5.16 Å². The van der Waals surface area contributed by atoms with E-state index in [2.05, 4.69) is 26.8 Å². The van der Waals surface area contributed by atoms with Crippen molar-refractivity contribution >= 4 is 17.2 Å². The fourth-order valence-corrected chi connectivity index (χ4v) is 2.86. The molecule has 0 bridgehead atoms. The maximum Gasteiger partial charge on any atom is 0.256 e. The molecule has 0 spiro atoms. The van der Waals surface area contributed by atoms with Gasteiger partial charge >= 0.3 is 0 Å². The second kappa shape index (κ2) is 6.19. The average molecular weight is 293 g/mol. The SMILES string of the molecule is Cc1noc(C)c1C(=O)NC[C@H](c1ccsc1)N(C)C. The topological polar surface area (TPSA) is 58.4 Å². The summed E-state index contributed by atoms with van der Waals surface area (Å²) >= 11 is 1.66. The maximum atomic E-state index is 12.2. The van der Waals surface area contributed by atoms with Gasteiger partial charge in [0.05, 0.1) is 11.7 Å². The van der Waals surface area contributed by atoms with Gasteiger partial charge in [0, 0.05) is 6.54 Å². The molecule has 1 atom stereocenters. The lowest BCUT2D eigenvalue weighted by molar-refractivity contribution is 0.0940. The zero-order valence-corrected chi connectivity index (χ0v) is 13.0. The Morgan fingerprint density at radius 3 is 2.75 bits per heavy atom. The standard InChI is InChI=1S/C14H19N3O2S/c1-9-13(10(2)19-16-9)14(18)15-7-12(17(3)4)11-5-6-20-8-11/h5-6,8,12H,7H2,1-4H3,(H,15,18)/t12-/m1/s1. The number of hydrogen-bond acceptors (Lipinski definition) is 5. The molecular weight excluding hydrogens is 274 g/mol. The van der Waals surface area contributed by atoms with Crippen LogP contribution in [0.2, 0.25) is 0 Å². The highest BCUT2D eigenvalue weighted by molar-refractivity contribution is 7.07. The summed E-state index contributed by atoms with van der Waals surface area (Å²) in [7, 11) is 4.01. The number of hydrogen-bond donors (Lipinski definition) is 1. The third-order valence-corrected chi connectivity index (χ3v) is 3.97. The first-order valence-corrected chi connectivity index (χ1v) is 7.34. The highest BCUT2D eigenvalue weighted by atomic mass is 32.1. The van der Waals surface area contributed by atoms with Crippen LogP contribution in [0.3, 0.4) is 0 Å². The number of carbonyl (C=O) groups is 1. The molecule has 20 heavy (non-hydrogen) atoms. The second-order valence-corrected chi connectivity index (χ2v) is 5.73. The predicted molar refractivity (Wildman–Crippen MR) is 79.1 cm³/mol. The van der Waals surface area contributed by atoms with E-state index >= 15 is 0 Å². The first-order chi connectivity index (χ1) is 9.50. The second-order valence-electron chi connectivity index (χ2n) is 4.95. The van der Waals surface area contributed by atoms with E-state index in [9.17, 15) is 4.79 Å². The lowest BCUT2D eigenvalue weighted by Gasteiger charge is -2.23. The molecule has 0 aliphatic heterocycles. The van der Waals surface area contributed by atoms with Crippen molar-refractivity contribution in [3.05, 3.63) is 39.4 Å². The number of likely N-dealkylation sites (N-methyl/N-ethyl adjacent to an activating group) is 1. The molecule has 2 rings (SSSR count). The molecule has 0 saturated carbocycles. The number of rotatable bonds is 5. The fraction of sp³-hybridized carbons (Fsp3) is 0.429. The molecule has 0 saturated heterocycles. The van der Waals surface area contributed by atoms with Gasteiger partial charge in [-0.05, 0) is 50.3 Å². The molecule has 0 aliphatic carbocycles. The van der Waals surface area contributed by atoms with Crippen LogP contribution < -0.4 is 5.32 Å². The molecule has 0 aromatic carbocycles. The predicted octanol–water partition coefficient (Wildman–Crippen LogP) is 2.39. The van der Waals surface area contributed by atoms with Crippen LogP contribution in [0.15, 0.2) is 21.3 Å². The summed E-state index contributed by atoms with van der Waals surface area (Å²) in [6.07, 6.45) is 0. The minimum absolute atomic E-state index is 0.136. The molecule has 2 aromatic rings. The van der Waals surface area contributed by atoms with Crippen molar-refractivity contribution in [3.8, 4) is 0 Å². The van der Waals surface area contributed by atoms with Crippen molar-refractivity contribution in [2.24, 2.45) is 0 Å². The van der Waals surface area contributed by atoms with Crippen LogP contribution in [0.4, 0.5) is 0 Å². The molecule has 1 amide bonds. The molecule has 0 radical (unpaired) electrons. The Labute approximate surface area is 122 Å². The van der Waals surface area contributed by atoms with Gasteiger partial charge in [-0.2, -0.15) is 11.3 Å². The average Bonchev–Trinajstić information content (AvgIpc) is 3.00. The number of aryl methyl sites for hydroxylation is 2. The lowest BCUT2D eigenvalue weighted by atomic mass is 10.1. The Bertz CT molecular complexity index is 556. The summed E-state index contributed by atoms with van der Waals surface area (Å²) in [6, 6.07) is 2.24. The van der Waals surface area contributed by atoms with Crippen molar-refractivity contribution in [1.82, 2.24) is 15.4 Å². The van der Waals surface area contributed by atoms with Gasteiger partial charge in [0.25, 0.3) is 5.91 Å². The van der Waals surface area contributed by atoms with Gasteiger partial charge in [-0.3, -0.25) is 4.79 Å². The minimum atomic E-state index is -0.136. The van der Waals surface area contributed by atoms with E-state index < -0.39 is 0 Å². The molecule has 1 N–H and O–H groups in total. The molecule has 108 valence electrons. The molecule has 2 aromatic heterocycles. The largest absolute Gasteiger partial charge is 0.361 e. The van der Waals surface area contributed by atoms with Gasteiger partial charge in [0.1, 0.15) is 11.3 Å².